The van der Waals surface area contributed by atoms with Gasteiger partial charge in [0.15, 0.2) is 5.96 Å². The molecule has 1 amide bonds. The largest absolute Gasteiger partial charge is 0.355 e. The van der Waals surface area contributed by atoms with Crippen molar-refractivity contribution in [3.05, 3.63) is 22.4 Å². The molecule has 0 aliphatic carbocycles. The Morgan fingerprint density at radius 1 is 1.43 bits per heavy atom. The lowest BCUT2D eigenvalue weighted by Gasteiger charge is -2.26. The van der Waals surface area contributed by atoms with E-state index in [1.807, 2.05) is 0 Å². The molecule has 0 aromatic carbocycles. The third-order valence-electron chi connectivity index (χ3n) is 3.75. The molecule has 1 aromatic rings. The highest BCUT2D eigenvalue weighted by Crippen LogP contribution is 2.26. The van der Waals surface area contributed by atoms with E-state index in [-0.39, 0.29) is 17.9 Å². The van der Waals surface area contributed by atoms with Crippen molar-refractivity contribution < 1.29 is 4.79 Å². The van der Waals surface area contributed by atoms with Gasteiger partial charge in [-0.3, -0.25) is 4.79 Å². The Bertz CT molecular complexity index is 509. The molecular weight excluding hydrogens is 308 g/mol. The zero-order valence-electron chi connectivity index (χ0n) is 15.1. The third-order valence-corrected chi connectivity index (χ3v) is 4.99. The molecule has 1 atom stereocenters. The molecule has 1 rings (SSSR count). The van der Waals surface area contributed by atoms with Gasteiger partial charge >= 0.3 is 0 Å². The molecule has 1 heterocycles. The Morgan fingerprint density at radius 3 is 2.65 bits per heavy atom. The summed E-state index contributed by atoms with van der Waals surface area (Å²) in [6, 6.07) is 4.53. The van der Waals surface area contributed by atoms with Gasteiger partial charge in [0.05, 0.1) is 0 Å². The van der Waals surface area contributed by atoms with Gasteiger partial charge in [-0.1, -0.05) is 26.8 Å². The SMILES string of the molecule is CCC(C)NC(=NCC(=O)N(C)C)NCC(C)(C)c1cccs1. The molecule has 0 saturated heterocycles. The van der Waals surface area contributed by atoms with Gasteiger partial charge in [-0.05, 0) is 24.8 Å². The highest BCUT2D eigenvalue weighted by molar-refractivity contribution is 7.10. The van der Waals surface area contributed by atoms with Crippen molar-refractivity contribution in [3.63, 3.8) is 0 Å². The average molecular weight is 339 g/mol. The van der Waals surface area contributed by atoms with Crippen LogP contribution in [0.5, 0.6) is 0 Å². The van der Waals surface area contributed by atoms with Crippen LogP contribution in [-0.2, 0) is 10.2 Å². The first-order valence-corrected chi connectivity index (χ1v) is 8.93. The summed E-state index contributed by atoms with van der Waals surface area (Å²) in [6.07, 6.45) is 0.997. The zero-order valence-corrected chi connectivity index (χ0v) is 16.0. The summed E-state index contributed by atoms with van der Waals surface area (Å²) in [5, 5.41) is 8.83. The van der Waals surface area contributed by atoms with Gasteiger partial charge in [-0.25, -0.2) is 4.99 Å². The van der Waals surface area contributed by atoms with Crippen LogP contribution in [0.1, 0.15) is 39.0 Å². The van der Waals surface area contributed by atoms with E-state index < -0.39 is 0 Å². The highest BCUT2D eigenvalue weighted by Gasteiger charge is 2.22. The van der Waals surface area contributed by atoms with E-state index in [1.54, 1.807) is 30.3 Å². The fourth-order valence-corrected chi connectivity index (χ4v) is 2.68. The van der Waals surface area contributed by atoms with Crippen molar-refractivity contribution in [1.29, 1.82) is 0 Å². The molecule has 130 valence electrons. The zero-order chi connectivity index (χ0) is 17.5. The standard InChI is InChI=1S/C17H30N4OS/c1-7-13(2)20-16(18-11-15(22)21(5)6)19-12-17(3,4)14-9-8-10-23-14/h8-10,13H,7,11-12H2,1-6H3,(H2,18,19,20). The minimum Gasteiger partial charge on any atom is -0.355 e. The Balaban J connectivity index is 2.72. The lowest BCUT2D eigenvalue weighted by molar-refractivity contribution is -0.127. The number of nitrogens with one attached hydrogen (secondary N) is 2. The van der Waals surface area contributed by atoms with E-state index >= 15 is 0 Å². The number of thiophene rings is 1. The predicted molar refractivity (Wildman–Crippen MR) is 99.2 cm³/mol. The van der Waals surface area contributed by atoms with E-state index in [0.717, 1.165) is 13.0 Å². The number of aliphatic imine (C=N–C) groups is 1. The maximum Gasteiger partial charge on any atom is 0.243 e. The molecule has 1 unspecified atom stereocenters. The quantitative estimate of drug-likeness (QED) is 0.593. The first kappa shape index (κ1) is 19.5. The number of hydrogen-bond donors (Lipinski definition) is 2. The van der Waals surface area contributed by atoms with Crippen LogP contribution in [0.3, 0.4) is 0 Å². The van der Waals surface area contributed by atoms with Crippen LogP contribution in [0.2, 0.25) is 0 Å². The molecule has 1 aromatic heterocycles. The average Bonchev–Trinajstić information content (AvgIpc) is 3.04. The lowest BCUT2D eigenvalue weighted by atomic mass is 9.91. The van der Waals surface area contributed by atoms with Gasteiger partial charge in [-0.2, -0.15) is 0 Å². The maximum atomic E-state index is 11.8. The number of carbonyl (C=O) groups is 1. The Labute approximate surface area is 144 Å². The summed E-state index contributed by atoms with van der Waals surface area (Å²) in [5.41, 5.74) is 0.0115. The van der Waals surface area contributed by atoms with Crippen LogP contribution in [0.4, 0.5) is 0 Å². The summed E-state index contributed by atoms with van der Waals surface area (Å²) < 4.78 is 0. The van der Waals surface area contributed by atoms with Gasteiger partial charge in [-0.15, -0.1) is 11.3 Å². The van der Waals surface area contributed by atoms with Gasteiger partial charge in [0.2, 0.25) is 5.91 Å². The number of likely N-dealkylation sites (N-methyl/N-ethyl adjacent to an activating group) is 1. The molecular formula is C17H30N4OS. The minimum absolute atomic E-state index is 0.00670. The molecule has 0 aliphatic heterocycles. The van der Waals surface area contributed by atoms with Crippen molar-refractivity contribution in [3.8, 4) is 0 Å². The second kappa shape index (κ2) is 8.91. The van der Waals surface area contributed by atoms with E-state index in [4.69, 9.17) is 0 Å². The molecule has 0 saturated carbocycles. The normalized spacial score (nSPS) is 13.6. The fourth-order valence-electron chi connectivity index (χ4n) is 1.83. The Morgan fingerprint density at radius 2 is 2.13 bits per heavy atom. The number of hydrogen-bond acceptors (Lipinski definition) is 3. The van der Waals surface area contributed by atoms with Crippen molar-refractivity contribution >= 4 is 23.2 Å². The van der Waals surface area contributed by atoms with Crippen LogP contribution in [0.15, 0.2) is 22.5 Å². The second-order valence-corrected chi connectivity index (χ2v) is 7.57. The second-order valence-electron chi connectivity index (χ2n) is 6.62. The summed E-state index contributed by atoms with van der Waals surface area (Å²) in [5.74, 6) is 0.687. The Hall–Kier alpha value is -1.56. The minimum atomic E-state index is -0.00670. The first-order chi connectivity index (χ1) is 10.8. The molecule has 0 fully saturated rings. The molecule has 0 spiro atoms. The third kappa shape index (κ3) is 6.60. The lowest BCUT2D eigenvalue weighted by Crippen LogP contribution is -2.46. The van der Waals surface area contributed by atoms with E-state index in [9.17, 15) is 4.79 Å². The van der Waals surface area contributed by atoms with Crippen molar-refractivity contribution in [2.45, 2.75) is 45.6 Å². The molecule has 0 bridgehead atoms. The summed E-state index contributed by atoms with van der Waals surface area (Å²) in [4.78, 5) is 19.1. The molecule has 5 nitrogen and oxygen atoms in total. The molecule has 6 heteroatoms. The van der Waals surface area contributed by atoms with Crippen LogP contribution in [-0.4, -0.2) is 50.0 Å². The van der Waals surface area contributed by atoms with Gasteiger partial charge in [0, 0.05) is 37.0 Å². The number of amides is 1. The summed E-state index contributed by atoms with van der Waals surface area (Å²) >= 11 is 1.76. The van der Waals surface area contributed by atoms with E-state index in [2.05, 4.69) is 60.8 Å². The number of carbonyl (C=O) groups excluding carboxylic acids is 1. The van der Waals surface area contributed by atoms with Crippen LogP contribution in [0, 0.1) is 0 Å². The van der Waals surface area contributed by atoms with Crippen molar-refractivity contribution in [1.82, 2.24) is 15.5 Å². The predicted octanol–water partition coefficient (Wildman–Crippen LogP) is 2.45. The number of guanidine groups is 1. The molecule has 0 aliphatic rings. The topological polar surface area (TPSA) is 56.7 Å². The van der Waals surface area contributed by atoms with E-state index in [1.165, 1.54) is 4.88 Å². The number of rotatable bonds is 7. The van der Waals surface area contributed by atoms with Crippen molar-refractivity contribution in [2.24, 2.45) is 4.99 Å². The van der Waals surface area contributed by atoms with E-state index in [0.29, 0.717) is 12.0 Å². The monoisotopic (exact) mass is 338 g/mol. The fraction of sp³-hybridized carbons (Fsp3) is 0.647. The first-order valence-electron chi connectivity index (χ1n) is 8.05. The number of nitrogens with zero attached hydrogens (tertiary/aromatic N) is 2. The molecule has 0 radical (unpaired) electrons. The van der Waals surface area contributed by atoms with Crippen molar-refractivity contribution in [2.75, 3.05) is 27.2 Å². The van der Waals surface area contributed by atoms with Gasteiger partial charge < -0.3 is 15.5 Å². The summed E-state index contributed by atoms with van der Waals surface area (Å²) in [7, 11) is 3.49. The van der Waals surface area contributed by atoms with Crippen LogP contribution < -0.4 is 10.6 Å². The maximum absolute atomic E-state index is 11.8. The van der Waals surface area contributed by atoms with Gasteiger partial charge in [0.25, 0.3) is 0 Å². The van der Waals surface area contributed by atoms with Gasteiger partial charge in [0.1, 0.15) is 6.54 Å². The van der Waals surface area contributed by atoms with Crippen LogP contribution in [0.25, 0.3) is 0 Å². The highest BCUT2D eigenvalue weighted by atomic mass is 32.1. The van der Waals surface area contributed by atoms with Crippen LogP contribution >= 0.6 is 11.3 Å². The summed E-state index contributed by atoms with van der Waals surface area (Å²) in [6.45, 7) is 9.55. The smallest absolute Gasteiger partial charge is 0.243 e. The Kier molecular flexibility index (Phi) is 7.55. The molecule has 2 N–H and O–H groups in total. The molecule has 23 heavy (non-hydrogen) atoms.